The summed E-state index contributed by atoms with van der Waals surface area (Å²) in [4.78, 5) is 0. The fourth-order valence-corrected chi connectivity index (χ4v) is 3.14. The Morgan fingerprint density at radius 1 is 1.09 bits per heavy atom. The summed E-state index contributed by atoms with van der Waals surface area (Å²) in [5.41, 5.74) is 3.42. The maximum Gasteiger partial charge on any atom is 0.210 e. The van der Waals surface area contributed by atoms with Crippen LogP contribution in [0.5, 0.6) is 0 Å². The Hall–Kier alpha value is -1.98. The van der Waals surface area contributed by atoms with Crippen LogP contribution in [0, 0.1) is 6.92 Å². The maximum atomic E-state index is 6.11. The molecule has 2 N–H and O–H groups in total. The molecule has 0 fully saturated rings. The van der Waals surface area contributed by atoms with Gasteiger partial charge in [-0.1, -0.05) is 47.6 Å². The molecule has 0 bridgehead atoms. The molecule has 3 rings (SSSR count). The van der Waals surface area contributed by atoms with Gasteiger partial charge in [0.15, 0.2) is 5.82 Å². The van der Waals surface area contributed by atoms with Crippen molar-refractivity contribution in [1.29, 1.82) is 0 Å². The van der Waals surface area contributed by atoms with Crippen molar-refractivity contribution in [2.24, 2.45) is 0 Å². The molecule has 4 nitrogen and oxygen atoms in total. The number of hydrogen-bond donors (Lipinski definition) is 1. The number of nitrogen functional groups attached to an aromatic ring is 1. The molecule has 22 heavy (non-hydrogen) atoms. The molecule has 0 saturated carbocycles. The number of aryl methyl sites for hydroxylation is 1. The first-order valence-corrected chi connectivity index (χ1v) is 8.15. The first kappa shape index (κ1) is 14.9. The van der Waals surface area contributed by atoms with Crippen LogP contribution >= 0.6 is 23.4 Å². The summed E-state index contributed by atoms with van der Waals surface area (Å²) in [7, 11) is 0. The summed E-state index contributed by atoms with van der Waals surface area (Å²) >= 11 is 7.47. The molecule has 0 spiro atoms. The fourth-order valence-electron chi connectivity index (χ4n) is 2.09. The van der Waals surface area contributed by atoms with Crippen molar-refractivity contribution in [2.75, 3.05) is 5.84 Å². The van der Waals surface area contributed by atoms with Crippen molar-refractivity contribution in [3.05, 3.63) is 64.7 Å². The normalized spacial score (nSPS) is 10.8. The molecule has 1 aromatic heterocycles. The van der Waals surface area contributed by atoms with Gasteiger partial charge in [0.1, 0.15) is 0 Å². The minimum Gasteiger partial charge on any atom is -0.335 e. The van der Waals surface area contributed by atoms with Crippen molar-refractivity contribution in [2.45, 2.75) is 17.8 Å². The minimum absolute atomic E-state index is 0.629. The lowest BCUT2D eigenvalue weighted by Crippen LogP contribution is -2.11. The average molecular weight is 331 g/mol. The Kier molecular flexibility index (Phi) is 4.36. The highest BCUT2D eigenvalue weighted by atomic mass is 35.5. The van der Waals surface area contributed by atoms with Gasteiger partial charge in [-0.05, 0) is 42.3 Å². The molecule has 0 aliphatic carbocycles. The Labute approximate surface area is 138 Å². The second kappa shape index (κ2) is 6.42. The molecule has 1 heterocycles. The molecule has 112 valence electrons. The molecule has 2 aromatic carbocycles. The summed E-state index contributed by atoms with van der Waals surface area (Å²) in [6.45, 7) is 2.10. The Morgan fingerprint density at radius 2 is 1.82 bits per heavy atom. The van der Waals surface area contributed by atoms with Crippen LogP contribution in [-0.2, 0) is 5.75 Å². The smallest absolute Gasteiger partial charge is 0.210 e. The number of aromatic nitrogens is 3. The molecule has 0 aliphatic rings. The zero-order valence-electron chi connectivity index (χ0n) is 12.0. The van der Waals surface area contributed by atoms with E-state index in [-0.39, 0.29) is 0 Å². The lowest BCUT2D eigenvalue weighted by molar-refractivity contribution is 0.849. The van der Waals surface area contributed by atoms with Gasteiger partial charge in [0, 0.05) is 16.3 Å². The van der Waals surface area contributed by atoms with Gasteiger partial charge < -0.3 is 5.84 Å². The zero-order chi connectivity index (χ0) is 15.5. The summed E-state index contributed by atoms with van der Waals surface area (Å²) in [6, 6.07) is 15.7. The van der Waals surface area contributed by atoms with Crippen LogP contribution in [0.4, 0.5) is 0 Å². The van der Waals surface area contributed by atoms with Gasteiger partial charge in [-0.3, -0.25) is 0 Å². The number of thioether (sulfide) groups is 1. The van der Waals surface area contributed by atoms with E-state index in [4.69, 9.17) is 17.4 Å². The largest absolute Gasteiger partial charge is 0.335 e. The standard InChI is InChI=1S/C16H15ClN4S/c1-11-4-2-3-5-13(11)10-22-16-20-19-15(21(16)18)12-6-8-14(17)9-7-12/h2-9H,10,18H2,1H3. The van der Waals surface area contributed by atoms with Gasteiger partial charge in [-0.25, -0.2) is 4.68 Å². The van der Waals surface area contributed by atoms with E-state index in [9.17, 15) is 0 Å². The van der Waals surface area contributed by atoms with Crippen LogP contribution in [0.2, 0.25) is 5.02 Å². The number of halogens is 1. The van der Waals surface area contributed by atoms with E-state index < -0.39 is 0 Å². The van der Waals surface area contributed by atoms with Crippen LogP contribution in [0.25, 0.3) is 11.4 Å². The summed E-state index contributed by atoms with van der Waals surface area (Å²) in [6.07, 6.45) is 0. The lowest BCUT2D eigenvalue weighted by atomic mass is 10.1. The first-order chi connectivity index (χ1) is 10.6. The lowest BCUT2D eigenvalue weighted by Gasteiger charge is -2.06. The molecular weight excluding hydrogens is 316 g/mol. The minimum atomic E-state index is 0.629. The molecule has 0 saturated heterocycles. The summed E-state index contributed by atoms with van der Waals surface area (Å²) in [5, 5.41) is 9.72. The van der Waals surface area contributed by atoms with Gasteiger partial charge >= 0.3 is 0 Å². The van der Waals surface area contributed by atoms with E-state index in [2.05, 4.69) is 29.3 Å². The highest BCUT2D eigenvalue weighted by Crippen LogP contribution is 2.26. The topological polar surface area (TPSA) is 56.7 Å². The quantitative estimate of drug-likeness (QED) is 0.582. The molecule has 6 heteroatoms. The van der Waals surface area contributed by atoms with E-state index in [1.165, 1.54) is 15.8 Å². The third kappa shape index (κ3) is 3.10. The monoisotopic (exact) mass is 330 g/mol. The number of rotatable bonds is 4. The molecule has 0 aliphatic heterocycles. The summed E-state index contributed by atoms with van der Waals surface area (Å²) < 4.78 is 1.52. The number of nitrogens with zero attached hydrogens (tertiary/aromatic N) is 3. The predicted octanol–water partition coefficient (Wildman–Crippen LogP) is 3.91. The van der Waals surface area contributed by atoms with E-state index in [0.29, 0.717) is 16.0 Å². The predicted molar refractivity (Wildman–Crippen MR) is 91.4 cm³/mol. The number of hydrogen-bond acceptors (Lipinski definition) is 4. The van der Waals surface area contributed by atoms with E-state index in [1.54, 1.807) is 11.8 Å². The van der Waals surface area contributed by atoms with Crippen molar-refractivity contribution in [1.82, 2.24) is 14.9 Å². The number of nitrogens with two attached hydrogens (primary N) is 1. The van der Waals surface area contributed by atoms with Crippen molar-refractivity contribution < 1.29 is 0 Å². The van der Waals surface area contributed by atoms with Crippen LogP contribution in [0.1, 0.15) is 11.1 Å². The molecule has 0 amide bonds. The fraction of sp³-hybridized carbons (Fsp3) is 0.125. The second-order valence-electron chi connectivity index (χ2n) is 4.90. The molecule has 0 unspecified atom stereocenters. The van der Waals surface area contributed by atoms with Crippen LogP contribution in [-0.4, -0.2) is 14.9 Å². The van der Waals surface area contributed by atoms with Crippen molar-refractivity contribution in [3.8, 4) is 11.4 Å². The summed E-state index contributed by atoms with van der Waals surface area (Å²) in [5.74, 6) is 7.55. The third-order valence-electron chi connectivity index (χ3n) is 3.38. The SMILES string of the molecule is Cc1ccccc1CSc1nnc(-c2ccc(Cl)cc2)n1N. The van der Waals surface area contributed by atoms with E-state index >= 15 is 0 Å². The van der Waals surface area contributed by atoms with Crippen LogP contribution in [0.3, 0.4) is 0 Å². The second-order valence-corrected chi connectivity index (χ2v) is 6.28. The molecule has 0 radical (unpaired) electrons. The first-order valence-electron chi connectivity index (χ1n) is 6.79. The van der Waals surface area contributed by atoms with Crippen molar-refractivity contribution in [3.63, 3.8) is 0 Å². The Morgan fingerprint density at radius 3 is 2.55 bits per heavy atom. The molecular formula is C16H15ClN4S. The molecule has 3 aromatic rings. The van der Waals surface area contributed by atoms with Crippen LogP contribution < -0.4 is 5.84 Å². The van der Waals surface area contributed by atoms with Crippen LogP contribution in [0.15, 0.2) is 53.7 Å². The van der Waals surface area contributed by atoms with Gasteiger partial charge in [0.05, 0.1) is 0 Å². The van der Waals surface area contributed by atoms with Gasteiger partial charge in [0.25, 0.3) is 0 Å². The number of benzene rings is 2. The van der Waals surface area contributed by atoms with Crippen molar-refractivity contribution >= 4 is 23.4 Å². The Balaban J connectivity index is 1.79. The maximum absolute atomic E-state index is 6.11. The zero-order valence-corrected chi connectivity index (χ0v) is 13.6. The highest BCUT2D eigenvalue weighted by molar-refractivity contribution is 7.98. The Bertz CT molecular complexity index is 783. The van der Waals surface area contributed by atoms with Gasteiger partial charge in [-0.2, -0.15) is 0 Å². The van der Waals surface area contributed by atoms with Gasteiger partial charge in [-0.15, -0.1) is 10.2 Å². The van der Waals surface area contributed by atoms with E-state index in [0.717, 1.165) is 11.3 Å². The average Bonchev–Trinajstić information content (AvgIpc) is 2.88. The molecule has 0 atom stereocenters. The highest BCUT2D eigenvalue weighted by Gasteiger charge is 2.12. The van der Waals surface area contributed by atoms with E-state index in [1.807, 2.05) is 36.4 Å². The van der Waals surface area contributed by atoms with Gasteiger partial charge in [0.2, 0.25) is 5.16 Å². The third-order valence-corrected chi connectivity index (χ3v) is 4.63.